The van der Waals surface area contributed by atoms with Gasteiger partial charge in [0.05, 0.1) is 0 Å². The van der Waals surface area contributed by atoms with Gasteiger partial charge in [0.25, 0.3) is 5.91 Å². The van der Waals surface area contributed by atoms with E-state index in [0.717, 1.165) is 25.2 Å². The van der Waals surface area contributed by atoms with Gasteiger partial charge in [0, 0.05) is 51.4 Å². The molecule has 142 valence electrons. The van der Waals surface area contributed by atoms with Crippen LogP contribution in [-0.4, -0.2) is 66.0 Å². The molecule has 0 aliphatic carbocycles. The van der Waals surface area contributed by atoms with Gasteiger partial charge in [0.1, 0.15) is 5.76 Å². The first-order valence-electron chi connectivity index (χ1n) is 9.08. The van der Waals surface area contributed by atoms with Gasteiger partial charge in [0.15, 0.2) is 5.69 Å². The van der Waals surface area contributed by atoms with Gasteiger partial charge in [-0.25, -0.2) is 0 Å². The second-order valence-corrected chi connectivity index (χ2v) is 6.49. The molecule has 2 heterocycles. The zero-order chi connectivity index (χ0) is 19.1. The zero-order valence-corrected chi connectivity index (χ0v) is 15.4. The van der Waals surface area contributed by atoms with Crippen molar-refractivity contribution >= 4 is 17.9 Å². The van der Waals surface area contributed by atoms with Crippen LogP contribution in [0.3, 0.4) is 0 Å². The highest BCUT2D eigenvalue weighted by molar-refractivity contribution is 5.92. The van der Waals surface area contributed by atoms with Crippen LogP contribution in [-0.2, 0) is 4.79 Å². The van der Waals surface area contributed by atoms with E-state index in [1.54, 1.807) is 30.0 Å². The Morgan fingerprint density at radius 1 is 1.19 bits per heavy atom. The summed E-state index contributed by atoms with van der Waals surface area (Å²) in [6.07, 6.45) is 3.34. The van der Waals surface area contributed by atoms with Crippen molar-refractivity contribution in [3.63, 3.8) is 0 Å². The van der Waals surface area contributed by atoms with Gasteiger partial charge in [-0.1, -0.05) is 35.5 Å². The number of hydrogen-bond acceptors (Lipinski definition) is 5. The maximum absolute atomic E-state index is 12.3. The first-order chi connectivity index (χ1) is 13.1. The summed E-state index contributed by atoms with van der Waals surface area (Å²) in [6.45, 7) is 5.95. The van der Waals surface area contributed by atoms with Crippen LogP contribution >= 0.6 is 0 Å². The van der Waals surface area contributed by atoms with Gasteiger partial charge >= 0.3 is 0 Å². The van der Waals surface area contributed by atoms with Gasteiger partial charge in [-0.2, -0.15) is 0 Å². The lowest BCUT2D eigenvalue weighted by Crippen LogP contribution is -2.50. The van der Waals surface area contributed by atoms with E-state index in [4.69, 9.17) is 4.52 Å². The van der Waals surface area contributed by atoms with Crippen LogP contribution in [0.2, 0.25) is 0 Å². The topological polar surface area (TPSA) is 78.7 Å². The molecule has 27 heavy (non-hydrogen) atoms. The molecule has 0 radical (unpaired) electrons. The molecule has 0 saturated carbocycles. The number of amides is 2. The Balaban J connectivity index is 1.35. The van der Waals surface area contributed by atoms with Gasteiger partial charge in [-0.3, -0.25) is 14.5 Å². The molecule has 0 bridgehead atoms. The second kappa shape index (κ2) is 9.14. The number of carbonyl (C=O) groups excluding carboxylic acids is 2. The van der Waals surface area contributed by atoms with E-state index in [-0.39, 0.29) is 11.8 Å². The number of piperazine rings is 1. The molecule has 7 nitrogen and oxygen atoms in total. The Hall–Kier alpha value is -2.93. The van der Waals surface area contributed by atoms with Gasteiger partial charge in [-0.05, 0) is 18.6 Å². The van der Waals surface area contributed by atoms with E-state index in [9.17, 15) is 9.59 Å². The molecule has 7 heteroatoms. The van der Waals surface area contributed by atoms with E-state index in [0.29, 0.717) is 31.1 Å². The fraction of sp³-hybridized carbons (Fsp3) is 0.350. The Labute approximate surface area is 158 Å². The number of rotatable bonds is 6. The van der Waals surface area contributed by atoms with Gasteiger partial charge in [0.2, 0.25) is 5.91 Å². The van der Waals surface area contributed by atoms with Gasteiger partial charge < -0.3 is 14.7 Å². The maximum Gasteiger partial charge on any atom is 0.276 e. The number of aromatic nitrogens is 1. The summed E-state index contributed by atoms with van der Waals surface area (Å²) in [5.41, 5.74) is 1.36. The highest BCUT2D eigenvalue weighted by Gasteiger charge is 2.23. The third kappa shape index (κ3) is 5.52. The second-order valence-electron chi connectivity index (χ2n) is 6.49. The van der Waals surface area contributed by atoms with Crippen molar-refractivity contribution in [2.45, 2.75) is 6.92 Å². The van der Waals surface area contributed by atoms with Crippen molar-refractivity contribution < 1.29 is 14.1 Å². The quantitative estimate of drug-likeness (QED) is 0.783. The lowest BCUT2D eigenvalue weighted by Gasteiger charge is -2.34. The number of benzene rings is 1. The number of nitrogens with one attached hydrogen (secondary N) is 1. The standard InChI is InChI=1S/C20H24N4O3/c1-16-15-18(22-27-16)20(26)24-13-11-23(12-14-24)10-9-21-19(25)8-7-17-5-3-2-4-6-17/h2-8,15H,9-14H2,1H3,(H,21,25). The van der Waals surface area contributed by atoms with Crippen molar-refractivity contribution in [3.05, 3.63) is 59.5 Å². The van der Waals surface area contributed by atoms with Crippen LogP contribution < -0.4 is 5.32 Å². The molecule has 1 aromatic carbocycles. The third-order valence-corrected chi connectivity index (χ3v) is 4.46. The minimum absolute atomic E-state index is 0.0918. The largest absolute Gasteiger partial charge is 0.361 e. The molecule has 2 amide bonds. The Morgan fingerprint density at radius 3 is 2.59 bits per heavy atom. The molecule has 0 atom stereocenters. The number of nitrogens with zero attached hydrogens (tertiary/aromatic N) is 3. The van der Waals surface area contributed by atoms with Crippen molar-refractivity contribution in [3.8, 4) is 0 Å². The highest BCUT2D eigenvalue weighted by atomic mass is 16.5. The molecule has 1 saturated heterocycles. The molecule has 1 fully saturated rings. The minimum Gasteiger partial charge on any atom is -0.361 e. The number of hydrogen-bond donors (Lipinski definition) is 1. The first kappa shape index (κ1) is 18.8. The lowest BCUT2D eigenvalue weighted by molar-refractivity contribution is -0.116. The molecule has 0 unspecified atom stereocenters. The van der Waals surface area contributed by atoms with Crippen LogP contribution in [0.25, 0.3) is 6.08 Å². The van der Waals surface area contributed by atoms with E-state index < -0.39 is 0 Å². The SMILES string of the molecule is Cc1cc(C(=O)N2CCN(CCNC(=O)C=Cc3ccccc3)CC2)no1. The van der Waals surface area contributed by atoms with E-state index in [1.807, 2.05) is 30.3 Å². The number of aryl methyl sites for hydroxylation is 1. The molecule has 1 aliphatic rings. The third-order valence-electron chi connectivity index (χ3n) is 4.46. The molecule has 0 spiro atoms. The molecule has 1 aliphatic heterocycles. The molecule has 2 aromatic rings. The average Bonchev–Trinajstić information content (AvgIpc) is 3.13. The highest BCUT2D eigenvalue weighted by Crippen LogP contribution is 2.09. The summed E-state index contributed by atoms with van der Waals surface area (Å²) in [4.78, 5) is 28.2. The molecule has 3 rings (SSSR count). The normalized spacial score (nSPS) is 15.2. The average molecular weight is 368 g/mol. The molecular weight excluding hydrogens is 344 g/mol. The monoisotopic (exact) mass is 368 g/mol. The summed E-state index contributed by atoms with van der Waals surface area (Å²) in [5.74, 6) is 0.439. The van der Waals surface area contributed by atoms with Crippen molar-refractivity contribution in [1.29, 1.82) is 0 Å². The molecular formula is C20H24N4O3. The van der Waals surface area contributed by atoms with E-state index in [1.165, 1.54) is 0 Å². The molecule has 1 aromatic heterocycles. The van der Waals surface area contributed by atoms with Crippen molar-refractivity contribution in [2.24, 2.45) is 0 Å². The summed E-state index contributed by atoms with van der Waals surface area (Å²) in [7, 11) is 0. The zero-order valence-electron chi connectivity index (χ0n) is 15.4. The lowest BCUT2D eigenvalue weighted by atomic mass is 10.2. The van der Waals surface area contributed by atoms with Crippen LogP contribution in [0.1, 0.15) is 21.8 Å². The first-order valence-corrected chi connectivity index (χ1v) is 9.08. The van der Waals surface area contributed by atoms with E-state index >= 15 is 0 Å². The predicted octanol–water partition coefficient (Wildman–Crippen LogP) is 1.57. The van der Waals surface area contributed by atoms with Crippen LogP contribution in [0.4, 0.5) is 0 Å². The van der Waals surface area contributed by atoms with Gasteiger partial charge in [-0.15, -0.1) is 0 Å². The van der Waals surface area contributed by atoms with E-state index in [2.05, 4.69) is 15.4 Å². The summed E-state index contributed by atoms with van der Waals surface area (Å²) < 4.78 is 4.97. The maximum atomic E-state index is 12.3. The summed E-state index contributed by atoms with van der Waals surface area (Å²) >= 11 is 0. The summed E-state index contributed by atoms with van der Waals surface area (Å²) in [6, 6.07) is 11.4. The van der Waals surface area contributed by atoms with Crippen LogP contribution in [0, 0.1) is 6.92 Å². The van der Waals surface area contributed by atoms with Crippen LogP contribution in [0.15, 0.2) is 47.0 Å². The van der Waals surface area contributed by atoms with Crippen LogP contribution in [0.5, 0.6) is 0 Å². The predicted molar refractivity (Wildman–Crippen MR) is 102 cm³/mol. The smallest absolute Gasteiger partial charge is 0.276 e. The Kier molecular flexibility index (Phi) is 6.38. The Morgan fingerprint density at radius 2 is 1.93 bits per heavy atom. The molecule has 1 N–H and O–H groups in total. The minimum atomic E-state index is -0.103. The number of carbonyl (C=O) groups is 2. The fourth-order valence-electron chi connectivity index (χ4n) is 2.94. The van der Waals surface area contributed by atoms with Crippen molar-refractivity contribution in [1.82, 2.24) is 20.3 Å². The summed E-state index contributed by atoms with van der Waals surface area (Å²) in [5, 5.41) is 6.68. The Bertz CT molecular complexity index is 793. The fourth-order valence-corrected chi connectivity index (χ4v) is 2.94. The van der Waals surface area contributed by atoms with Crippen molar-refractivity contribution in [2.75, 3.05) is 39.3 Å².